The van der Waals surface area contributed by atoms with Crippen LogP contribution in [0.4, 0.5) is 5.82 Å². The molecule has 0 unspecified atom stereocenters. The predicted octanol–water partition coefficient (Wildman–Crippen LogP) is 3.87. The summed E-state index contributed by atoms with van der Waals surface area (Å²) in [6.45, 7) is 3.93. The molecule has 154 valence electrons. The Balaban J connectivity index is 1.30. The Kier molecular flexibility index (Phi) is 5.17. The summed E-state index contributed by atoms with van der Waals surface area (Å²) in [6, 6.07) is 5.99. The van der Waals surface area contributed by atoms with E-state index in [1.54, 1.807) is 35.0 Å². The first kappa shape index (κ1) is 19.1. The fourth-order valence-corrected chi connectivity index (χ4v) is 5.24. The van der Waals surface area contributed by atoms with Gasteiger partial charge in [0.15, 0.2) is 17.2 Å². The first-order valence-corrected chi connectivity index (χ1v) is 11.7. The van der Waals surface area contributed by atoms with E-state index in [2.05, 4.69) is 25.5 Å². The van der Waals surface area contributed by atoms with Gasteiger partial charge in [-0.25, -0.2) is 9.78 Å². The molecule has 0 bridgehead atoms. The van der Waals surface area contributed by atoms with Crippen LogP contribution in [0.3, 0.4) is 0 Å². The quantitative estimate of drug-likeness (QED) is 0.436. The molecule has 8 nitrogen and oxygen atoms in total. The number of nitrogens with zero attached hydrogens (tertiary/aromatic N) is 6. The zero-order valence-corrected chi connectivity index (χ0v) is 18.0. The first-order chi connectivity index (χ1) is 14.7. The van der Waals surface area contributed by atoms with Crippen molar-refractivity contribution in [1.29, 1.82) is 0 Å². The van der Waals surface area contributed by atoms with Gasteiger partial charge in [-0.15, -0.1) is 26.6 Å². The van der Waals surface area contributed by atoms with Crippen LogP contribution in [0.25, 0.3) is 17.0 Å². The lowest BCUT2D eigenvalue weighted by molar-refractivity contribution is 0.0520. The molecule has 1 aliphatic rings. The van der Waals surface area contributed by atoms with Gasteiger partial charge in [0.05, 0.1) is 11.6 Å². The van der Waals surface area contributed by atoms with Crippen molar-refractivity contribution in [2.45, 2.75) is 25.7 Å². The molecular formula is C20H20N6O2S2. The number of ether oxygens (including phenoxy) is 1. The second-order valence-corrected chi connectivity index (χ2v) is 8.72. The van der Waals surface area contributed by atoms with Crippen LogP contribution in [0.1, 0.15) is 41.2 Å². The molecule has 4 aromatic heterocycles. The lowest BCUT2D eigenvalue weighted by Crippen LogP contribution is -2.33. The van der Waals surface area contributed by atoms with Crippen molar-refractivity contribution < 1.29 is 9.53 Å². The molecule has 0 spiro atoms. The van der Waals surface area contributed by atoms with Crippen LogP contribution in [0.15, 0.2) is 34.3 Å². The van der Waals surface area contributed by atoms with Gasteiger partial charge in [0.1, 0.15) is 5.82 Å². The Morgan fingerprint density at radius 1 is 1.20 bits per heavy atom. The number of hydrogen-bond acceptors (Lipinski definition) is 9. The fourth-order valence-electron chi connectivity index (χ4n) is 3.65. The maximum Gasteiger partial charge on any atom is 0.357 e. The van der Waals surface area contributed by atoms with Crippen LogP contribution in [0.5, 0.6) is 0 Å². The fraction of sp³-hybridized carbons (Fsp3) is 0.350. The summed E-state index contributed by atoms with van der Waals surface area (Å²) in [4.78, 5) is 18.7. The monoisotopic (exact) mass is 440 g/mol. The number of fused-ring (bicyclic) bond motifs is 1. The van der Waals surface area contributed by atoms with E-state index in [0.717, 1.165) is 53.8 Å². The average Bonchev–Trinajstić information content (AvgIpc) is 3.54. The Bertz CT molecular complexity index is 1160. The van der Waals surface area contributed by atoms with E-state index >= 15 is 0 Å². The molecule has 1 aliphatic heterocycles. The Labute approximate surface area is 181 Å². The first-order valence-electron chi connectivity index (χ1n) is 9.85. The van der Waals surface area contributed by atoms with Gasteiger partial charge in [-0.05, 0) is 43.3 Å². The number of piperidine rings is 1. The molecule has 1 fully saturated rings. The van der Waals surface area contributed by atoms with Gasteiger partial charge in [-0.2, -0.15) is 15.9 Å². The van der Waals surface area contributed by atoms with E-state index in [9.17, 15) is 4.79 Å². The van der Waals surface area contributed by atoms with Crippen LogP contribution in [0, 0.1) is 0 Å². The standard InChI is InChI=1S/C20H20N6O2S2/c1-2-28-20(27)15-12-30-19(21-15)13-5-8-25(9-6-13)17-4-3-16-22-23-18(26(16)24-17)14-7-10-29-11-14/h3-4,7,10-13H,2,5-6,8-9H2,1H3. The van der Waals surface area contributed by atoms with Crippen molar-refractivity contribution in [2.24, 2.45) is 0 Å². The summed E-state index contributed by atoms with van der Waals surface area (Å²) < 4.78 is 6.86. The second-order valence-electron chi connectivity index (χ2n) is 7.05. The van der Waals surface area contributed by atoms with Crippen LogP contribution < -0.4 is 4.90 Å². The zero-order chi connectivity index (χ0) is 20.5. The number of carbonyl (C=O) groups is 1. The van der Waals surface area contributed by atoms with Gasteiger partial charge in [0.25, 0.3) is 0 Å². The highest BCUT2D eigenvalue weighted by Crippen LogP contribution is 2.32. The van der Waals surface area contributed by atoms with Crippen LogP contribution in [-0.4, -0.2) is 50.5 Å². The molecule has 0 N–H and O–H groups in total. The Morgan fingerprint density at radius 3 is 2.83 bits per heavy atom. The highest BCUT2D eigenvalue weighted by molar-refractivity contribution is 7.10. The maximum absolute atomic E-state index is 11.9. The summed E-state index contributed by atoms with van der Waals surface area (Å²) in [5, 5.41) is 20.2. The molecule has 5 rings (SSSR count). The molecule has 0 saturated carbocycles. The predicted molar refractivity (Wildman–Crippen MR) is 116 cm³/mol. The van der Waals surface area contributed by atoms with Gasteiger partial charge in [-0.3, -0.25) is 0 Å². The van der Waals surface area contributed by atoms with Crippen LogP contribution in [0.2, 0.25) is 0 Å². The topological polar surface area (TPSA) is 85.5 Å². The maximum atomic E-state index is 11.9. The second kappa shape index (κ2) is 8.11. The van der Waals surface area contributed by atoms with Crippen LogP contribution >= 0.6 is 22.7 Å². The summed E-state index contributed by atoms with van der Waals surface area (Å²) in [5.74, 6) is 1.69. The molecule has 5 heterocycles. The van der Waals surface area contributed by atoms with Crippen molar-refractivity contribution in [2.75, 3.05) is 24.6 Å². The van der Waals surface area contributed by atoms with Gasteiger partial charge in [0.2, 0.25) is 0 Å². The van der Waals surface area contributed by atoms with Crippen molar-refractivity contribution in [3.63, 3.8) is 0 Å². The Morgan fingerprint density at radius 2 is 2.07 bits per heavy atom. The zero-order valence-electron chi connectivity index (χ0n) is 16.4. The summed E-state index contributed by atoms with van der Waals surface area (Å²) in [5.41, 5.74) is 2.18. The molecule has 0 atom stereocenters. The normalized spacial score (nSPS) is 15.0. The van der Waals surface area contributed by atoms with Gasteiger partial charge in [0, 0.05) is 35.3 Å². The molecule has 0 amide bonds. The summed E-state index contributed by atoms with van der Waals surface area (Å²) >= 11 is 3.17. The average molecular weight is 441 g/mol. The van der Waals surface area contributed by atoms with E-state index < -0.39 is 0 Å². The molecule has 4 aromatic rings. The van der Waals surface area contributed by atoms with Gasteiger partial charge < -0.3 is 9.64 Å². The number of thiophene rings is 1. The van der Waals surface area contributed by atoms with Crippen molar-refractivity contribution in [1.82, 2.24) is 24.8 Å². The van der Waals surface area contributed by atoms with E-state index in [1.807, 2.05) is 28.1 Å². The smallest absolute Gasteiger partial charge is 0.357 e. The lowest BCUT2D eigenvalue weighted by atomic mass is 9.97. The third-order valence-electron chi connectivity index (χ3n) is 5.20. The van der Waals surface area contributed by atoms with Crippen molar-refractivity contribution in [3.8, 4) is 11.4 Å². The van der Waals surface area contributed by atoms with Crippen molar-refractivity contribution >= 4 is 40.1 Å². The minimum atomic E-state index is -0.342. The third-order valence-corrected chi connectivity index (χ3v) is 6.89. The number of hydrogen-bond donors (Lipinski definition) is 0. The molecule has 0 aromatic carbocycles. The van der Waals surface area contributed by atoms with Crippen LogP contribution in [-0.2, 0) is 4.74 Å². The Hall–Kier alpha value is -2.85. The minimum Gasteiger partial charge on any atom is -0.461 e. The number of aromatic nitrogens is 5. The van der Waals surface area contributed by atoms with E-state index in [0.29, 0.717) is 18.2 Å². The highest BCUT2D eigenvalue weighted by atomic mass is 32.1. The minimum absolute atomic E-state index is 0.342. The number of anilines is 1. The number of thiazole rings is 1. The van der Waals surface area contributed by atoms with Gasteiger partial charge >= 0.3 is 5.97 Å². The number of carbonyl (C=O) groups excluding carboxylic acids is 1. The third kappa shape index (κ3) is 3.56. The largest absolute Gasteiger partial charge is 0.461 e. The molecule has 10 heteroatoms. The molecule has 30 heavy (non-hydrogen) atoms. The lowest BCUT2D eigenvalue weighted by Gasteiger charge is -2.31. The van der Waals surface area contributed by atoms with Crippen molar-refractivity contribution in [3.05, 3.63) is 45.0 Å². The number of esters is 1. The van der Waals surface area contributed by atoms with E-state index in [4.69, 9.17) is 9.84 Å². The van der Waals surface area contributed by atoms with E-state index in [-0.39, 0.29) is 5.97 Å². The number of rotatable bonds is 5. The van der Waals surface area contributed by atoms with E-state index in [1.165, 1.54) is 0 Å². The molecule has 0 radical (unpaired) electrons. The summed E-state index contributed by atoms with van der Waals surface area (Å²) in [7, 11) is 0. The SMILES string of the molecule is CCOC(=O)c1csc(C2CCN(c3ccc4nnc(-c5ccsc5)n4n3)CC2)n1. The molecule has 1 saturated heterocycles. The van der Waals surface area contributed by atoms with Gasteiger partial charge in [-0.1, -0.05) is 0 Å². The molecule has 0 aliphatic carbocycles. The highest BCUT2D eigenvalue weighted by Gasteiger charge is 2.25. The summed E-state index contributed by atoms with van der Waals surface area (Å²) in [6.07, 6.45) is 1.93. The molecular weight excluding hydrogens is 420 g/mol.